The third kappa shape index (κ3) is 4.68. The molecule has 0 atom stereocenters. The molecule has 6 nitrogen and oxygen atoms in total. The number of nitrogens with two attached hydrogens (primary N) is 1. The van der Waals surface area contributed by atoms with E-state index in [2.05, 4.69) is 15.3 Å². The normalized spacial score (nSPS) is 11.0. The second-order valence-corrected chi connectivity index (χ2v) is 4.43. The van der Waals surface area contributed by atoms with Crippen LogP contribution in [0.5, 0.6) is 11.8 Å². The summed E-state index contributed by atoms with van der Waals surface area (Å²) >= 11 is 0. The molecule has 0 unspecified atom stereocenters. The Morgan fingerprint density at radius 3 is 2.76 bits per heavy atom. The molecule has 1 aromatic heterocycles. The Kier molecular flexibility index (Phi) is 4.98. The first-order valence-electron chi connectivity index (χ1n) is 6.44. The highest BCUT2D eigenvalue weighted by Crippen LogP contribution is 2.10. The van der Waals surface area contributed by atoms with Gasteiger partial charge in [-0.1, -0.05) is 12.1 Å². The summed E-state index contributed by atoms with van der Waals surface area (Å²) in [6.07, 6.45) is 4.76. The van der Waals surface area contributed by atoms with Crippen molar-refractivity contribution in [2.75, 3.05) is 19.0 Å². The Hall–Kier alpha value is -2.76. The van der Waals surface area contributed by atoms with Gasteiger partial charge in [0.25, 0.3) is 0 Å². The summed E-state index contributed by atoms with van der Waals surface area (Å²) in [6.45, 7) is 2.23. The van der Waals surface area contributed by atoms with Crippen molar-refractivity contribution < 1.29 is 9.47 Å². The van der Waals surface area contributed by atoms with Gasteiger partial charge < -0.3 is 20.5 Å². The fraction of sp³-hybridized carbons (Fsp3) is 0.200. The molecule has 21 heavy (non-hydrogen) atoms. The summed E-state index contributed by atoms with van der Waals surface area (Å²) in [6, 6.07) is 8.25. The molecule has 0 fully saturated rings. The van der Waals surface area contributed by atoms with Gasteiger partial charge in [0.15, 0.2) is 5.75 Å². The van der Waals surface area contributed by atoms with Gasteiger partial charge in [0.05, 0.1) is 25.2 Å². The van der Waals surface area contributed by atoms with Crippen LogP contribution >= 0.6 is 0 Å². The number of nitrogens with one attached hydrogen (secondary N) is 1. The van der Waals surface area contributed by atoms with Crippen molar-refractivity contribution in [1.82, 2.24) is 9.97 Å². The van der Waals surface area contributed by atoms with E-state index in [1.807, 2.05) is 31.2 Å². The van der Waals surface area contributed by atoms with Gasteiger partial charge in [0.2, 0.25) is 0 Å². The average Bonchev–Trinajstić information content (AvgIpc) is 2.51. The summed E-state index contributed by atoms with van der Waals surface area (Å²) in [5, 5.41) is 3.11. The molecule has 0 amide bonds. The van der Waals surface area contributed by atoms with Crippen molar-refractivity contribution in [2.45, 2.75) is 6.92 Å². The topological polar surface area (TPSA) is 82.3 Å². The van der Waals surface area contributed by atoms with E-state index in [4.69, 9.17) is 15.2 Å². The van der Waals surface area contributed by atoms with E-state index in [0.717, 1.165) is 5.69 Å². The summed E-state index contributed by atoms with van der Waals surface area (Å²) < 4.78 is 10.3. The Labute approximate surface area is 123 Å². The summed E-state index contributed by atoms with van der Waals surface area (Å²) in [5.41, 5.74) is 8.54. The molecule has 0 aliphatic heterocycles. The second kappa shape index (κ2) is 7.14. The van der Waals surface area contributed by atoms with Crippen molar-refractivity contribution in [3.63, 3.8) is 0 Å². The zero-order chi connectivity index (χ0) is 15.1. The zero-order valence-electron chi connectivity index (χ0n) is 12.0. The second-order valence-electron chi connectivity index (χ2n) is 4.43. The fourth-order valence-corrected chi connectivity index (χ4v) is 1.58. The van der Waals surface area contributed by atoms with Gasteiger partial charge in [-0.15, -0.1) is 0 Å². The van der Waals surface area contributed by atoms with Gasteiger partial charge in [-0.25, -0.2) is 0 Å². The number of hydrogen-bond acceptors (Lipinski definition) is 6. The average molecular weight is 286 g/mol. The van der Waals surface area contributed by atoms with Crippen molar-refractivity contribution >= 4 is 5.69 Å². The first-order chi connectivity index (χ1) is 10.2. The molecule has 0 aliphatic carbocycles. The largest absolute Gasteiger partial charge is 0.494 e. The Bertz CT molecular complexity index is 611. The number of benzene rings is 1. The van der Waals surface area contributed by atoms with E-state index < -0.39 is 0 Å². The number of ether oxygens (including phenoxy) is 2. The van der Waals surface area contributed by atoms with Gasteiger partial charge in [0.1, 0.15) is 6.61 Å². The van der Waals surface area contributed by atoms with Crippen molar-refractivity contribution in [3.8, 4) is 11.8 Å². The SMILES string of the molecule is COc1cnc(OC/C(N)=C/Nc2cccc(C)c2)nc1. The first-order valence-corrected chi connectivity index (χ1v) is 6.44. The number of hydrogen-bond donors (Lipinski definition) is 2. The lowest BCUT2D eigenvalue weighted by Gasteiger charge is -2.06. The maximum absolute atomic E-state index is 5.86. The van der Waals surface area contributed by atoms with Crippen LogP contribution in [-0.2, 0) is 0 Å². The van der Waals surface area contributed by atoms with E-state index in [0.29, 0.717) is 11.4 Å². The lowest BCUT2D eigenvalue weighted by atomic mass is 10.2. The highest BCUT2D eigenvalue weighted by atomic mass is 16.5. The molecule has 1 aromatic carbocycles. The van der Waals surface area contributed by atoms with Gasteiger partial charge in [-0.3, -0.25) is 0 Å². The lowest BCUT2D eigenvalue weighted by molar-refractivity contribution is 0.318. The highest BCUT2D eigenvalue weighted by Gasteiger charge is 1.99. The van der Waals surface area contributed by atoms with Gasteiger partial charge in [-0.2, -0.15) is 9.97 Å². The van der Waals surface area contributed by atoms with Crippen LogP contribution < -0.4 is 20.5 Å². The highest BCUT2D eigenvalue weighted by molar-refractivity contribution is 5.47. The minimum absolute atomic E-state index is 0.200. The van der Waals surface area contributed by atoms with Crippen molar-refractivity contribution in [3.05, 3.63) is 54.1 Å². The third-order valence-electron chi connectivity index (χ3n) is 2.65. The van der Waals surface area contributed by atoms with Crippen molar-refractivity contribution in [1.29, 1.82) is 0 Å². The minimum Gasteiger partial charge on any atom is -0.494 e. The number of methoxy groups -OCH3 is 1. The quantitative estimate of drug-likeness (QED) is 0.846. The lowest BCUT2D eigenvalue weighted by Crippen LogP contribution is -2.12. The smallest absolute Gasteiger partial charge is 0.316 e. The summed E-state index contributed by atoms with van der Waals surface area (Å²) in [7, 11) is 1.55. The Morgan fingerprint density at radius 2 is 2.10 bits per heavy atom. The summed E-state index contributed by atoms with van der Waals surface area (Å²) in [5.74, 6) is 0.576. The molecule has 0 aliphatic rings. The third-order valence-corrected chi connectivity index (χ3v) is 2.65. The van der Waals surface area contributed by atoms with E-state index in [9.17, 15) is 0 Å². The maximum atomic E-state index is 5.86. The van der Waals surface area contributed by atoms with Crippen LogP contribution in [0, 0.1) is 6.92 Å². The molecule has 2 aromatic rings. The minimum atomic E-state index is 0.200. The summed E-state index contributed by atoms with van der Waals surface area (Å²) in [4.78, 5) is 7.98. The predicted molar refractivity (Wildman–Crippen MR) is 81.2 cm³/mol. The molecule has 0 saturated carbocycles. The molecule has 0 bridgehead atoms. The number of aromatic nitrogens is 2. The van der Waals surface area contributed by atoms with E-state index in [-0.39, 0.29) is 12.6 Å². The molecule has 0 saturated heterocycles. The molecular formula is C15H18N4O2. The molecule has 3 N–H and O–H groups in total. The molecule has 1 heterocycles. The first kappa shape index (κ1) is 14.6. The van der Waals surface area contributed by atoms with E-state index in [1.165, 1.54) is 18.0 Å². The Balaban J connectivity index is 1.85. The van der Waals surface area contributed by atoms with Gasteiger partial charge >= 0.3 is 6.01 Å². The standard InChI is InChI=1S/C15H18N4O2/c1-11-4-3-5-13(6-11)17-7-12(16)10-21-15-18-8-14(20-2)9-19-15/h3-9,17H,10,16H2,1-2H3/b12-7-. The van der Waals surface area contributed by atoms with Crippen LogP contribution in [0.4, 0.5) is 5.69 Å². The molecule has 6 heteroatoms. The van der Waals surface area contributed by atoms with Crippen LogP contribution in [0.15, 0.2) is 48.6 Å². The van der Waals surface area contributed by atoms with E-state index in [1.54, 1.807) is 13.3 Å². The molecule has 0 spiro atoms. The molecule has 0 radical (unpaired) electrons. The van der Waals surface area contributed by atoms with Crippen LogP contribution in [0.3, 0.4) is 0 Å². The van der Waals surface area contributed by atoms with Crippen molar-refractivity contribution in [2.24, 2.45) is 5.73 Å². The van der Waals surface area contributed by atoms with Crippen LogP contribution in [0.25, 0.3) is 0 Å². The number of aryl methyl sites for hydroxylation is 1. The molecule has 2 rings (SSSR count). The van der Waals surface area contributed by atoms with Gasteiger partial charge in [0, 0.05) is 11.9 Å². The monoisotopic (exact) mass is 286 g/mol. The number of nitrogens with zero attached hydrogens (tertiary/aromatic N) is 2. The number of anilines is 1. The molecule has 110 valence electrons. The van der Waals surface area contributed by atoms with Gasteiger partial charge in [-0.05, 0) is 24.6 Å². The Morgan fingerprint density at radius 1 is 1.33 bits per heavy atom. The number of rotatable bonds is 6. The van der Waals surface area contributed by atoms with E-state index >= 15 is 0 Å². The van der Waals surface area contributed by atoms with Crippen LogP contribution in [0.2, 0.25) is 0 Å². The zero-order valence-corrected chi connectivity index (χ0v) is 12.0. The fourth-order valence-electron chi connectivity index (χ4n) is 1.58. The predicted octanol–water partition coefficient (Wildman–Crippen LogP) is 2.08. The van der Waals surface area contributed by atoms with Crippen LogP contribution in [-0.4, -0.2) is 23.7 Å². The van der Waals surface area contributed by atoms with Crippen LogP contribution in [0.1, 0.15) is 5.56 Å². The maximum Gasteiger partial charge on any atom is 0.316 e. The molecular weight excluding hydrogens is 268 g/mol.